The van der Waals surface area contributed by atoms with Gasteiger partial charge in [-0.3, -0.25) is 14.4 Å². The summed E-state index contributed by atoms with van der Waals surface area (Å²) in [6.07, 6.45) is -18.4. The molecule has 0 aromatic heterocycles. The standard InChI is InChI=1S/3C14H15F7O2.Yb/c1-10(2)6-4-5-11(10,3)7(8(6)22)9(23)12(15,16)13(17,18)14(19,20)21;2*1-10(2)6-4-5-11(10,3)8(22)7(6)9(23)12(15,16)13(17,18)14(19,20)21;/h3*6,23H,4-5H2,1-3H3;/b2*9-7+;9-7-;. The maximum atomic E-state index is 13.7. The smallest absolute Gasteiger partial charge is 0.460 e. The van der Waals surface area contributed by atoms with Gasteiger partial charge in [0.1, 0.15) is 0 Å². The van der Waals surface area contributed by atoms with Gasteiger partial charge < -0.3 is 15.3 Å². The molecule has 0 saturated heterocycles. The first-order valence-electron chi connectivity index (χ1n) is 20.5. The minimum atomic E-state index is -6.57. The van der Waals surface area contributed by atoms with Crippen LogP contribution in [0.1, 0.15) is 101 Å². The van der Waals surface area contributed by atoms with Crippen LogP contribution in [0.4, 0.5) is 92.2 Å². The van der Waals surface area contributed by atoms with Crippen LogP contribution in [0.25, 0.3) is 0 Å². The number of ketones is 3. The zero-order chi connectivity index (χ0) is 54.7. The van der Waals surface area contributed by atoms with Crippen molar-refractivity contribution in [2.24, 2.45) is 50.2 Å². The number of carbonyl (C=O) groups is 3. The van der Waals surface area contributed by atoms with Gasteiger partial charge in [-0.05, 0) is 66.6 Å². The topological polar surface area (TPSA) is 112 Å². The average molecular weight is 1220 g/mol. The minimum absolute atomic E-state index is 0. The van der Waals surface area contributed by atoms with E-state index in [0.717, 1.165) is 0 Å². The van der Waals surface area contributed by atoms with Gasteiger partial charge in [-0.2, -0.15) is 92.2 Å². The summed E-state index contributed by atoms with van der Waals surface area (Å²) in [4.78, 5) is 36.8. The number of fused-ring (bicyclic) bond motifs is 6. The average Bonchev–Trinajstić information content (AvgIpc) is 3.79. The zero-order valence-corrected chi connectivity index (χ0v) is 39.5. The Balaban J connectivity index is 0.000000276. The molecule has 410 valence electrons. The molecule has 70 heavy (non-hydrogen) atoms. The SMILES string of the molecule is CC12CCC(/C(=C(/O)C(F)(F)C(F)(F)C(F)(F)F)C1=O)C2(C)C.CC12CCC(/C(=C(\O)C(F)(F)C(F)(F)C(F)(F)F)C1=O)C2(C)C.CC12CCC(C(=O)/C1=C(\O)C(F)(F)C(F)(F)C(F)(F)F)C2(C)C.[Yb]. The molecular formula is C42H45F21O6Yb. The Hall–Kier alpha value is -2.32. The summed E-state index contributed by atoms with van der Waals surface area (Å²) in [5.74, 6) is -50.3. The maximum Gasteiger partial charge on any atom is 0.460 e. The summed E-state index contributed by atoms with van der Waals surface area (Å²) in [5, 5.41) is 28.7. The third-order valence-corrected chi connectivity index (χ3v) is 16.9. The second-order valence-corrected chi connectivity index (χ2v) is 20.6. The van der Waals surface area contributed by atoms with Crippen LogP contribution in [0, 0.1) is 97.2 Å². The molecule has 3 N–H and O–H groups in total. The molecule has 28 heteroatoms. The predicted octanol–water partition coefficient (Wildman–Crippen LogP) is 14.0. The van der Waals surface area contributed by atoms with Crippen LogP contribution in [0.2, 0.25) is 0 Å². The van der Waals surface area contributed by atoms with Gasteiger partial charge in [0.15, 0.2) is 34.6 Å². The van der Waals surface area contributed by atoms with E-state index in [1.54, 1.807) is 41.5 Å². The Morgan fingerprint density at radius 1 is 0.400 bits per heavy atom. The fraction of sp³-hybridized carbons (Fsp3) is 0.786. The van der Waals surface area contributed by atoms with Crippen molar-refractivity contribution in [2.45, 2.75) is 155 Å². The first-order chi connectivity index (χ1) is 30.1. The third-order valence-electron chi connectivity index (χ3n) is 16.9. The Morgan fingerprint density at radius 2 is 0.629 bits per heavy atom. The fourth-order valence-electron chi connectivity index (χ4n) is 11.0. The quantitative estimate of drug-likeness (QED) is 0.139. The van der Waals surface area contributed by atoms with E-state index < -0.39 is 156 Å². The van der Waals surface area contributed by atoms with E-state index in [1.165, 1.54) is 20.8 Å². The van der Waals surface area contributed by atoms with E-state index in [9.17, 15) is 122 Å². The molecule has 0 aliphatic heterocycles. The van der Waals surface area contributed by atoms with Crippen LogP contribution in [0.15, 0.2) is 34.0 Å². The van der Waals surface area contributed by atoms with E-state index >= 15 is 0 Å². The number of halogens is 21. The number of hydrogen-bond donors (Lipinski definition) is 3. The molecule has 6 nitrogen and oxygen atoms in total. The number of aliphatic hydroxyl groups is 3. The monoisotopic (exact) mass is 1220 g/mol. The molecule has 6 fully saturated rings. The minimum Gasteiger partial charge on any atom is -0.506 e. The predicted molar refractivity (Wildman–Crippen MR) is 196 cm³/mol. The molecule has 6 aliphatic carbocycles. The van der Waals surface area contributed by atoms with Crippen molar-refractivity contribution >= 4 is 17.3 Å². The van der Waals surface area contributed by atoms with E-state index in [-0.39, 0.29) is 66.2 Å². The van der Waals surface area contributed by atoms with Crippen molar-refractivity contribution < 1.29 is 169 Å². The molecule has 6 bridgehead atoms. The van der Waals surface area contributed by atoms with Gasteiger partial charge in [-0.1, -0.05) is 62.3 Å². The third kappa shape index (κ3) is 7.88. The second-order valence-electron chi connectivity index (χ2n) is 20.6. The molecule has 6 rings (SSSR count). The molecule has 6 aliphatic rings. The van der Waals surface area contributed by atoms with Gasteiger partial charge in [-0.25, -0.2) is 0 Å². The number of alkyl halides is 21. The number of hydrogen-bond acceptors (Lipinski definition) is 6. The van der Waals surface area contributed by atoms with Gasteiger partial charge in [0.2, 0.25) is 0 Å². The van der Waals surface area contributed by atoms with Gasteiger partial charge in [0, 0.05) is 85.8 Å². The number of Topliss-reactive ketones (excluding diaryl/α,β-unsaturated/α-hetero) is 3. The summed E-state index contributed by atoms with van der Waals surface area (Å²) in [7, 11) is 0. The summed E-state index contributed by atoms with van der Waals surface area (Å²) in [5.41, 5.74) is -9.51. The van der Waals surface area contributed by atoms with E-state index in [2.05, 4.69) is 0 Å². The van der Waals surface area contributed by atoms with E-state index in [0.29, 0.717) is 19.3 Å². The van der Waals surface area contributed by atoms with Crippen molar-refractivity contribution in [3.05, 3.63) is 34.0 Å². The van der Waals surface area contributed by atoms with Gasteiger partial charge >= 0.3 is 54.1 Å². The van der Waals surface area contributed by atoms with Crippen LogP contribution in [-0.2, 0) is 14.4 Å². The maximum absolute atomic E-state index is 13.7. The van der Waals surface area contributed by atoms with Crippen LogP contribution >= 0.6 is 0 Å². The summed E-state index contributed by atoms with van der Waals surface area (Å²) in [6.45, 7) is 13.5. The Bertz CT molecular complexity index is 2160. The fourth-order valence-corrected chi connectivity index (χ4v) is 11.0. The molecule has 6 saturated carbocycles. The van der Waals surface area contributed by atoms with Crippen molar-refractivity contribution in [3.63, 3.8) is 0 Å². The second kappa shape index (κ2) is 17.1. The van der Waals surface area contributed by atoms with Crippen molar-refractivity contribution in [1.29, 1.82) is 0 Å². The molecule has 0 spiro atoms. The Morgan fingerprint density at radius 3 is 0.843 bits per heavy atom. The number of allylic oxidation sites excluding steroid dienone is 6. The van der Waals surface area contributed by atoms with Crippen LogP contribution in [0.3, 0.4) is 0 Å². The van der Waals surface area contributed by atoms with Crippen LogP contribution in [-0.4, -0.2) is 86.7 Å². The molecule has 0 amide bonds. The molecule has 0 radical (unpaired) electrons. The summed E-state index contributed by atoms with van der Waals surface area (Å²) < 4.78 is 271. The first-order valence-corrected chi connectivity index (χ1v) is 20.5. The molecular weight excluding hydrogens is 1170 g/mol. The number of aliphatic hydroxyl groups excluding tert-OH is 3. The molecule has 0 aromatic carbocycles. The van der Waals surface area contributed by atoms with Gasteiger partial charge in [-0.15, -0.1) is 0 Å². The summed E-state index contributed by atoms with van der Waals surface area (Å²) in [6, 6.07) is 0. The molecule has 0 aromatic rings. The van der Waals surface area contributed by atoms with Crippen molar-refractivity contribution in [2.75, 3.05) is 0 Å². The van der Waals surface area contributed by atoms with Gasteiger partial charge in [0.25, 0.3) is 0 Å². The normalized spacial score (nSPS) is 32.8. The molecule has 6 atom stereocenters. The largest absolute Gasteiger partial charge is 0.506 e. The van der Waals surface area contributed by atoms with E-state index in [4.69, 9.17) is 0 Å². The number of carbonyl (C=O) groups excluding carboxylic acids is 3. The van der Waals surface area contributed by atoms with E-state index in [1.807, 2.05) is 0 Å². The van der Waals surface area contributed by atoms with Crippen molar-refractivity contribution in [1.82, 2.24) is 0 Å². The van der Waals surface area contributed by atoms with Gasteiger partial charge in [0.05, 0.1) is 0 Å². The Kier molecular flexibility index (Phi) is 15.1. The molecule has 6 unspecified atom stereocenters. The molecule has 0 heterocycles. The van der Waals surface area contributed by atoms with Crippen molar-refractivity contribution in [3.8, 4) is 0 Å². The Labute approximate surface area is 423 Å². The first kappa shape index (κ1) is 62.0. The van der Waals surface area contributed by atoms with Crippen LogP contribution < -0.4 is 0 Å². The zero-order valence-electron chi connectivity index (χ0n) is 37.7. The number of rotatable bonds is 6. The summed E-state index contributed by atoms with van der Waals surface area (Å²) >= 11 is 0. The van der Waals surface area contributed by atoms with Crippen LogP contribution in [0.5, 0.6) is 0 Å².